The maximum atomic E-state index is 12.7. The fraction of sp³-hybridized carbons (Fsp3) is 0.217. The molecule has 4 rings (SSSR count). The molecule has 0 radical (unpaired) electrons. The molecule has 1 saturated heterocycles. The lowest BCUT2D eigenvalue weighted by molar-refractivity contribution is 0.102. The van der Waals surface area contributed by atoms with Crippen LogP contribution in [0.1, 0.15) is 21.7 Å². The topological polar surface area (TPSA) is 85.1 Å². The smallest absolute Gasteiger partial charge is 0.274 e. The number of nitriles is 1. The molecule has 1 amide bonds. The second-order valence-corrected chi connectivity index (χ2v) is 7.15. The van der Waals surface area contributed by atoms with Crippen molar-refractivity contribution in [2.45, 2.75) is 6.92 Å². The molecule has 1 fully saturated rings. The summed E-state index contributed by atoms with van der Waals surface area (Å²) in [4.78, 5) is 26.2. The minimum atomic E-state index is -0.297. The van der Waals surface area contributed by atoms with Gasteiger partial charge in [0.15, 0.2) is 0 Å². The Balaban J connectivity index is 1.45. The quantitative estimate of drug-likeness (QED) is 0.726. The molecule has 0 atom stereocenters. The molecule has 1 aliphatic heterocycles. The van der Waals surface area contributed by atoms with Crippen molar-refractivity contribution in [3.8, 4) is 6.07 Å². The van der Waals surface area contributed by atoms with E-state index in [0.29, 0.717) is 22.9 Å². The van der Waals surface area contributed by atoms with Crippen LogP contribution in [0.3, 0.4) is 0 Å². The molecule has 2 aromatic carbocycles. The number of carbonyl (C=O) groups is 1. The van der Waals surface area contributed by atoms with Gasteiger partial charge in [0, 0.05) is 43.2 Å². The van der Waals surface area contributed by atoms with Crippen LogP contribution in [-0.2, 0) is 0 Å². The Bertz CT molecular complexity index is 1070. The average molecular weight is 398 g/mol. The van der Waals surface area contributed by atoms with E-state index in [2.05, 4.69) is 43.3 Å². The van der Waals surface area contributed by atoms with Crippen molar-refractivity contribution in [3.63, 3.8) is 0 Å². The molecule has 1 N–H and O–H groups in total. The summed E-state index contributed by atoms with van der Waals surface area (Å²) in [7, 11) is 0. The Morgan fingerprint density at radius 3 is 2.30 bits per heavy atom. The summed E-state index contributed by atoms with van der Waals surface area (Å²) in [5.74, 6) is 0.280. The van der Waals surface area contributed by atoms with Gasteiger partial charge in [-0.05, 0) is 49.4 Å². The van der Waals surface area contributed by atoms with Crippen molar-refractivity contribution in [1.29, 1.82) is 5.26 Å². The van der Waals surface area contributed by atoms with Gasteiger partial charge in [0.05, 0.1) is 11.6 Å². The molecule has 2 heterocycles. The molecule has 1 aliphatic rings. The summed E-state index contributed by atoms with van der Waals surface area (Å²) in [5.41, 5.74) is 3.45. The summed E-state index contributed by atoms with van der Waals surface area (Å²) in [6.45, 7) is 5.18. The normalized spacial score (nSPS) is 13.6. The monoisotopic (exact) mass is 398 g/mol. The van der Waals surface area contributed by atoms with Gasteiger partial charge in [0.1, 0.15) is 5.69 Å². The number of nitrogens with zero attached hydrogens (tertiary/aromatic N) is 5. The van der Waals surface area contributed by atoms with Crippen molar-refractivity contribution in [2.75, 3.05) is 41.3 Å². The molecular weight excluding hydrogens is 376 g/mol. The van der Waals surface area contributed by atoms with Gasteiger partial charge in [-0.1, -0.05) is 18.2 Å². The van der Waals surface area contributed by atoms with Crippen LogP contribution in [-0.4, -0.2) is 42.1 Å². The van der Waals surface area contributed by atoms with E-state index < -0.39 is 0 Å². The Morgan fingerprint density at radius 1 is 0.967 bits per heavy atom. The van der Waals surface area contributed by atoms with Crippen LogP contribution in [0.4, 0.5) is 17.3 Å². The number of piperazine rings is 1. The minimum Gasteiger partial charge on any atom is -0.368 e. The van der Waals surface area contributed by atoms with Crippen molar-refractivity contribution >= 4 is 23.2 Å². The summed E-state index contributed by atoms with van der Waals surface area (Å²) >= 11 is 0. The van der Waals surface area contributed by atoms with E-state index in [4.69, 9.17) is 5.26 Å². The zero-order chi connectivity index (χ0) is 20.9. The number of anilines is 3. The van der Waals surface area contributed by atoms with Crippen LogP contribution < -0.4 is 15.1 Å². The van der Waals surface area contributed by atoms with Gasteiger partial charge in [-0.25, -0.2) is 9.97 Å². The first kappa shape index (κ1) is 19.4. The van der Waals surface area contributed by atoms with Gasteiger partial charge >= 0.3 is 0 Å². The first-order valence-corrected chi connectivity index (χ1v) is 9.84. The molecule has 30 heavy (non-hydrogen) atoms. The third-order valence-electron chi connectivity index (χ3n) is 5.03. The van der Waals surface area contributed by atoms with E-state index in [1.807, 2.05) is 25.1 Å². The molecule has 0 saturated carbocycles. The first-order chi connectivity index (χ1) is 14.6. The van der Waals surface area contributed by atoms with Crippen LogP contribution in [0.5, 0.6) is 0 Å². The number of para-hydroxylation sites is 1. The summed E-state index contributed by atoms with van der Waals surface area (Å²) in [6, 6.07) is 20.8. The van der Waals surface area contributed by atoms with E-state index in [-0.39, 0.29) is 5.91 Å². The minimum absolute atomic E-state index is 0.297. The molecule has 150 valence electrons. The fourth-order valence-electron chi connectivity index (χ4n) is 3.44. The highest BCUT2D eigenvalue weighted by molar-refractivity contribution is 6.03. The lowest BCUT2D eigenvalue weighted by Gasteiger charge is -2.36. The lowest BCUT2D eigenvalue weighted by atomic mass is 10.2. The summed E-state index contributed by atoms with van der Waals surface area (Å²) < 4.78 is 0. The fourth-order valence-corrected chi connectivity index (χ4v) is 3.44. The number of hydrogen-bond donors (Lipinski definition) is 1. The summed E-state index contributed by atoms with van der Waals surface area (Å²) in [6.07, 6.45) is 0. The molecule has 0 bridgehead atoms. The molecule has 0 unspecified atom stereocenters. The van der Waals surface area contributed by atoms with Gasteiger partial charge in [0.2, 0.25) is 5.95 Å². The Labute approximate surface area is 175 Å². The SMILES string of the molecule is Cc1cc(C(=O)Nc2ccc(C#N)cc2)nc(N2CCN(c3ccccc3)CC2)n1. The number of aromatic nitrogens is 2. The Morgan fingerprint density at radius 2 is 1.63 bits per heavy atom. The highest BCUT2D eigenvalue weighted by atomic mass is 16.1. The van der Waals surface area contributed by atoms with Gasteiger partial charge in [-0.2, -0.15) is 5.26 Å². The van der Waals surface area contributed by atoms with E-state index in [1.165, 1.54) is 5.69 Å². The Hall–Kier alpha value is -3.92. The maximum absolute atomic E-state index is 12.7. The number of nitrogens with one attached hydrogen (secondary N) is 1. The van der Waals surface area contributed by atoms with E-state index in [1.54, 1.807) is 30.3 Å². The van der Waals surface area contributed by atoms with Crippen LogP contribution >= 0.6 is 0 Å². The highest BCUT2D eigenvalue weighted by Gasteiger charge is 2.21. The van der Waals surface area contributed by atoms with Crippen molar-refractivity contribution in [1.82, 2.24) is 9.97 Å². The van der Waals surface area contributed by atoms with Gasteiger partial charge in [-0.15, -0.1) is 0 Å². The molecular formula is C23H22N6O. The number of rotatable bonds is 4. The van der Waals surface area contributed by atoms with Crippen molar-refractivity contribution in [3.05, 3.63) is 77.6 Å². The maximum Gasteiger partial charge on any atom is 0.274 e. The zero-order valence-corrected chi connectivity index (χ0v) is 16.7. The zero-order valence-electron chi connectivity index (χ0n) is 16.7. The molecule has 3 aromatic rings. The highest BCUT2D eigenvalue weighted by Crippen LogP contribution is 2.19. The van der Waals surface area contributed by atoms with E-state index >= 15 is 0 Å². The number of hydrogen-bond acceptors (Lipinski definition) is 6. The second-order valence-electron chi connectivity index (χ2n) is 7.15. The molecule has 7 heteroatoms. The predicted octanol–water partition coefficient (Wildman–Crippen LogP) is 3.24. The van der Waals surface area contributed by atoms with Gasteiger partial charge in [0.25, 0.3) is 5.91 Å². The third kappa shape index (κ3) is 4.39. The van der Waals surface area contributed by atoms with Gasteiger partial charge < -0.3 is 15.1 Å². The number of amides is 1. The van der Waals surface area contributed by atoms with Crippen LogP contribution in [0, 0.1) is 18.3 Å². The third-order valence-corrected chi connectivity index (χ3v) is 5.03. The second kappa shape index (κ2) is 8.62. The van der Waals surface area contributed by atoms with Crippen LogP contribution in [0.15, 0.2) is 60.7 Å². The average Bonchev–Trinajstić information content (AvgIpc) is 2.80. The van der Waals surface area contributed by atoms with Crippen LogP contribution in [0.25, 0.3) is 0 Å². The number of aryl methyl sites for hydroxylation is 1. The Kier molecular flexibility index (Phi) is 5.57. The van der Waals surface area contributed by atoms with E-state index in [0.717, 1.165) is 31.9 Å². The standard InChI is InChI=1S/C23H22N6O/c1-17-15-21(22(30)26-19-9-7-18(16-24)8-10-19)27-23(25-17)29-13-11-28(12-14-29)20-5-3-2-4-6-20/h2-10,15H,11-14H2,1H3,(H,26,30). The molecule has 0 aliphatic carbocycles. The van der Waals surface area contributed by atoms with E-state index in [9.17, 15) is 4.79 Å². The molecule has 0 spiro atoms. The summed E-state index contributed by atoms with van der Waals surface area (Å²) in [5, 5.41) is 11.7. The number of benzene rings is 2. The first-order valence-electron chi connectivity index (χ1n) is 9.84. The molecule has 1 aromatic heterocycles. The largest absolute Gasteiger partial charge is 0.368 e. The predicted molar refractivity (Wildman–Crippen MR) is 117 cm³/mol. The molecule has 7 nitrogen and oxygen atoms in total. The lowest BCUT2D eigenvalue weighted by Crippen LogP contribution is -2.47. The van der Waals surface area contributed by atoms with Crippen LogP contribution in [0.2, 0.25) is 0 Å². The van der Waals surface area contributed by atoms with Crippen molar-refractivity contribution < 1.29 is 4.79 Å². The van der Waals surface area contributed by atoms with Crippen molar-refractivity contribution in [2.24, 2.45) is 0 Å². The number of carbonyl (C=O) groups excluding carboxylic acids is 1. The van der Waals surface area contributed by atoms with Gasteiger partial charge in [-0.3, -0.25) is 4.79 Å².